The number of carbonyl (C=O) groups excluding carboxylic acids is 1. The number of hydrogen-bond acceptors (Lipinski definition) is 2. The molecule has 0 saturated carbocycles. The predicted octanol–water partition coefficient (Wildman–Crippen LogP) is 3.95. The first kappa shape index (κ1) is 15.9. The molecule has 4 rings (SSSR count). The highest BCUT2D eigenvalue weighted by Crippen LogP contribution is 2.43. The van der Waals surface area contributed by atoms with Crippen LogP contribution in [-0.4, -0.2) is 20.7 Å². The third kappa shape index (κ3) is 2.35. The van der Waals surface area contributed by atoms with Gasteiger partial charge in [-0.15, -0.1) is 0 Å². The number of aromatic nitrogens is 3. The molecule has 0 bridgehead atoms. The summed E-state index contributed by atoms with van der Waals surface area (Å²) >= 11 is 0. The Morgan fingerprint density at radius 2 is 2.12 bits per heavy atom. The van der Waals surface area contributed by atoms with Crippen LogP contribution in [0.3, 0.4) is 0 Å². The molecule has 0 spiro atoms. The van der Waals surface area contributed by atoms with Crippen molar-refractivity contribution in [2.24, 2.45) is 7.05 Å². The van der Waals surface area contributed by atoms with Gasteiger partial charge in [0.25, 0.3) is 0 Å². The van der Waals surface area contributed by atoms with Gasteiger partial charge in [-0.1, -0.05) is 13.8 Å². The Balaban J connectivity index is 1.96. The van der Waals surface area contributed by atoms with Crippen LogP contribution in [0.4, 0.5) is 10.2 Å². The monoisotopic (exact) mass is 340 g/mol. The number of H-pyrrole nitrogens is 1. The lowest BCUT2D eigenvalue weighted by Crippen LogP contribution is -2.25. The van der Waals surface area contributed by atoms with Gasteiger partial charge in [0.15, 0.2) is 0 Å². The van der Waals surface area contributed by atoms with E-state index in [4.69, 9.17) is 0 Å². The third-order valence-electron chi connectivity index (χ3n) is 5.06. The molecule has 1 unspecified atom stereocenters. The average Bonchev–Trinajstić information content (AvgIpc) is 3.05. The maximum atomic E-state index is 13.7. The fraction of sp³-hybridized carbons (Fsp3) is 0.368. The van der Waals surface area contributed by atoms with Crippen LogP contribution in [-0.2, 0) is 11.8 Å². The lowest BCUT2D eigenvalue weighted by molar-refractivity contribution is -0.116. The van der Waals surface area contributed by atoms with Crippen molar-refractivity contribution in [3.05, 3.63) is 46.5 Å². The lowest BCUT2D eigenvalue weighted by atomic mass is 9.85. The molecule has 1 aromatic carbocycles. The normalized spacial score (nSPS) is 17.2. The van der Waals surface area contributed by atoms with E-state index < -0.39 is 0 Å². The van der Waals surface area contributed by atoms with Crippen molar-refractivity contribution in [3.63, 3.8) is 0 Å². The number of anilines is 1. The molecule has 25 heavy (non-hydrogen) atoms. The number of hydrogen-bond donors (Lipinski definition) is 2. The number of benzene rings is 1. The van der Waals surface area contributed by atoms with Crippen LogP contribution in [0.2, 0.25) is 0 Å². The predicted molar refractivity (Wildman–Crippen MR) is 95.4 cm³/mol. The van der Waals surface area contributed by atoms with Crippen LogP contribution < -0.4 is 5.32 Å². The molecule has 1 atom stereocenters. The zero-order valence-corrected chi connectivity index (χ0v) is 14.8. The third-order valence-corrected chi connectivity index (χ3v) is 5.06. The fourth-order valence-corrected chi connectivity index (χ4v) is 3.86. The van der Waals surface area contributed by atoms with Crippen LogP contribution in [0.5, 0.6) is 0 Å². The van der Waals surface area contributed by atoms with Gasteiger partial charge in [-0.25, -0.2) is 4.39 Å². The molecule has 5 nitrogen and oxygen atoms in total. The van der Waals surface area contributed by atoms with Gasteiger partial charge in [0, 0.05) is 41.5 Å². The first-order valence-corrected chi connectivity index (χ1v) is 8.51. The van der Waals surface area contributed by atoms with Gasteiger partial charge in [0.05, 0.1) is 5.69 Å². The Bertz CT molecular complexity index is 999. The summed E-state index contributed by atoms with van der Waals surface area (Å²) in [5, 5.41) is 8.44. The Hall–Kier alpha value is -2.63. The first-order valence-electron chi connectivity index (χ1n) is 8.51. The van der Waals surface area contributed by atoms with E-state index in [1.807, 2.05) is 14.0 Å². The maximum Gasteiger partial charge on any atom is 0.226 e. The summed E-state index contributed by atoms with van der Waals surface area (Å²) in [6, 6.07) is 4.74. The highest BCUT2D eigenvalue weighted by atomic mass is 19.1. The number of nitrogens with zero attached hydrogens (tertiary/aromatic N) is 2. The van der Waals surface area contributed by atoms with E-state index in [1.165, 1.54) is 6.07 Å². The first-order chi connectivity index (χ1) is 11.9. The second-order valence-electron chi connectivity index (χ2n) is 7.08. The molecule has 3 aromatic rings. The van der Waals surface area contributed by atoms with Crippen molar-refractivity contribution in [1.29, 1.82) is 0 Å². The number of aryl methyl sites for hydroxylation is 2. The number of aromatic amines is 1. The summed E-state index contributed by atoms with van der Waals surface area (Å²) < 4.78 is 15.4. The second kappa shape index (κ2) is 5.44. The highest BCUT2D eigenvalue weighted by Gasteiger charge is 2.35. The van der Waals surface area contributed by atoms with E-state index in [2.05, 4.69) is 29.2 Å². The molecule has 2 aromatic heterocycles. The van der Waals surface area contributed by atoms with Gasteiger partial charge in [-0.05, 0) is 36.6 Å². The molecule has 6 heteroatoms. The smallest absolute Gasteiger partial charge is 0.226 e. The molecule has 2 N–H and O–H groups in total. The van der Waals surface area contributed by atoms with Crippen molar-refractivity contribution in [2.75, 3.05) is 5.32 Å². The number of amides is 1. The largest absolute Gasteiger partial charge is 0.358 e. The molecular formula is C19H21FN4O. The summed E-state index contributed by atoms with van der Waals surface area (Å²) in [6.07, 6.45) is 0.356. The minimum absolute atomic E-state index is 0.0277. The quantitative estimate of drug-likeness (QED) is 0.742. The fourth-order valence-electron chi connectivity index (χ4n) is 3.86. The van der Waals surface area contributed by atoms with E-state index in [9.17, 15) is 9.18 Å². The summed E-state index contributed by atoms with van der Waals surface area (Å²) in [5.74, 6) is 0.613. The molecule has 0 saturated heterocycles. The molecule has 1 aliphatic rings. The van der Waals surface area contributed by atoms with Gasteiger partial charge < -0.3 is 10.3 Å². The summed E-state index contributed by atoms with van der Waals surface area (Å²) in [6.45, 7) is 6.18. The molecule has 0 fully saturated rings. The molecule has 130 valence electrons. The van der Waals surface area contributed by atoms with Gasteiger partial charge in [0.2, 0.25) is 5.91 Å². The lowest BCUT2D eigenvalue weighted by Gasteiger charge is -2.24. The van der Waals surface area contributed by atoms with Crippen molar-refractivity contribution in [1.82, 2.24) is 14.8 Å². The van der Waals surface area contributed by atoms with Gasteiger partial charge in [-0.3, -0.25) is 9.48 Å². The Kier molecular flexibility index (Phi) is 3.45. The highest BCUT2D eigenvalue weighted by molar-refractivity contribution is 5.95. The summed E-state index contributed by atoms with van der Waals surface area (Å²) in [4.78, 5) is 15.7. The Morgan fingerprint density at radius 1 is 1.36 bits per heavy atom. The zero-order chi connectivity index (χ0) is 17.9. The minimum atomic E-state index is -0.257. The van der Waals surface area contributed by atoms with Crippen LogP contribution >= 0.6 is 0 Å². The van der Waals surface area contributed by atoms with Crippen LogP contribution in [0.25, 0.3) is 10.9 Å². The Labute approximate surface area is 145 Å². The van der Waals surface area contributed by atoms with Crippen molar-refractivity contribution in [3.8, 4) is 0 Å². The number of carbonyl (C=O) groups is 1. The SMILES string of the molecule is Cc1c(C2CC(=O)Nc3c2c(C(C)C)nn3C)[nH]c2ccc(F)cc12. The standard InChI is InChI=1S/C19H21FN4O/c1-9(2)17-16-13(8-15(25)22-19(16)24(4)23-17)18-10(3)12-7-11(20)5-6-14(12)21-18/h5-7,9,13,21H,8H2,1-4H3,(H,22,25). The topological polar surface area (TPSA) is 62.7 Å². The van der Waals surface area contributed by atoms with E-state index in [1.54, 1.807) is 16.8 Å². The molecule has 0 aliphatic carbocycles. The summed E-state index contributed by atoms with van der Waals surface area (Å²) in [7, 11) is 1.85. The second-order valence-corrected chi connectivity index (χ2v) is 7.08. The van der Waals surface area contributed by atoms with Gasteiger partial charge in [-0.2, -0.15) is 5.10 Å². The Morgan fingerprint density at radius 3 is 2.84 bits per heavy atom. The van der Waals surface area contributed by atoms with Crippen LogP contribution in [0.1, 0.15) is 54.6 Å². The minimum Gasteiger partial charge on any atom is -0.358 e. The van der Waals surface area contributed by atoms with E-state index in [0.29, 0.717) is 6.42 Å². The van der Waals surface area contributed by atoms with E-state index >= 15 is 0 Å². The number of fused-ring (bicyclic) bond motifs is 2. The van der Waals surface area contributed by atoms with Crippen LogP contribution in [0, 0.1) is 12.7 Å². The van der Waals surface area contributed by atoms with Gasteiger partial charge in [0.1, 0.15) is 11.6 Å². The average molecular weight is 340 g/mol. The zero-order valence-electron chi connectivity index (χ0n) is 14.8. The molecule has 0 radical (unpaired) electrons. The van der Waals surface area contributed by atoms with E-state index in [-0.39, 0.29) is 23.6 Å². The number of nitrogens with one attached hydrogen (secondary N) is 2. The molecule has 3 heterocycles. The van der Waals surface area contributed by atoms with E-state index in [0.717, 1.165) is 39.2 Å². The van der Waals surface area contributed by atoms with Crippen LogP contribution in [0.15, 0.2) is 18.2 Å². The number of rotatable bonds is 2. The maximum absolute atomic E-state index is 13.7. The molecular weight excluding hydrogens is 319 g/mol. The molecule has 1 amide bonds. The summed E-state index contributed by atoms with van der Waals surface area (Å²) in [5.41, 5.74) is 4.89. The van der Waals surface area contributed by atoms with Crippen molar-refractivity contribution < 1.29 is 9.18 Å². The van der Waals surface area contributed by atoms with Gasteiger partial charge >= 0.3 is 0 Å². The number of halogens is 1. The van der Waals surface area contributed by atoms with Crippen molar-refractivity contribution >= 4 is 22.6 Å². The van der Waals surface area contributed by atoms with Crippen molar-refractivity contribution in [2.45, 2.75) is 39.0 Å². The molecule has 1 aliphatic heterocycles.